The van der Waals surface area contributed by atoms with Crippen LogP contribution in [0.2, 0.25) is 0 Å². The van der Waals surface area contributed by atoms with Crippen LogP contribution in [0.15, 0.2) is 16.6 Å². The fourth-order valence-electron chi connectivity index (χ4n) is 2.72. The number of carbonyl (C=O) groups is 2. The van der Waals surface area contributed by atoms with Crippen LogP contribution in [0.1, 0.15) is 38.7 Å². The van der Waals surface area contributed by atoms with Gasteiger partial charge < -0.3 is 0 Å². The first-order chi connectivity index (χ1) is 9.36. The fourth-order valence-corrected chi connectivity index (χ4v) is 3.05. The first-order valence-corrected chi connectivity index (χ1v) is 7.48. The Morgan fingerprint density at radius 1 is 1.30 bits per heavy atom. The largest absolute Gasteiger partial charge is 0.274 e. The van der Waals surface area contributed by atoms with E-state index < -0.39 is 11.2 Å². The van der Waals surface area contributed by atoms with Gasteiger partial charge in [-0.15, -0.1) is 0 Å². The Hall–Kier alpha value is -1.23. The summed E-state index contributed by atoms with van der Waals surface area (Å²) in [5, 5.41) is 0. The third-order valence-corrected chi connectivity index (χ3v) is 4.84. The van der Waals surface area contributed by atoms with Crippen molar-refractivity contribution < 1.29 is 14.0 Å². The molecule has 0 aliphatic carbocycles. The van der Waals surface area contributed by atoms with E-state index in [2.05, 4.69) is 15.9 Å². The Morgan fingerprint density at radius 2 is 1.90 bits per heavy atom. The van der Waals surface area contributed by atoms with Crippen molar-refractivity contribution in [3.63, 3.8) is 0 Å². The van der Waals surface area contributed by atoms with Gasteiger partial charge in [-0.05, 0) is 53.4 Å². The number of hydrogen-bond donors (Lipinski definition) is 0. The van der Waals surface area contributed by atoms with Crippen molar-refractivity contribution >= 4 is 33.4 Å². The number of imide groups is 1. The number of nitrogens with zero attached hydrogens (tertiary/aromatic N) is 1. The topological polar surface area (TPSA) is 37.4 Å². The Kier molecular flexibility index (Phi) is 4.00. The average molecular weight is 342 g/mol. The van der Waals surface area contributed by atoms with Crippen LogP contribution in [0, 0.1) is 18.2 Å². The maximum atomic E-state index is 13.5. The normalized spacial score (nSPS) is 17.9. The second-order valence-corrected chi connectivity index (χ2v) is 6.11. The predicted octanol–water partition coefficient (Wildman–Crippen LogP) is 3.97. The molecule has 0 atom stereocenters. The minimum atomic E-state index is -0.607. The quantitative estimate of drug-likeness (QED) is 0.780. The van der Waals surface area contributed by atoms with Crippen LogP contribution in [0.25, 0.3) is 0 Å². The van der Waals surface area contributed by atoms with Crippen LogP contribution in [0.5, 0.6) is 0 Å². The molecule has 0 bridgehead atoms. The van der Waals surface area contributed by atoms with E-state index in [1.54, 1.807) is 6.92 Å². The van der Waals surface area contributed by atoms with Gasteiger partial charge in [-0.2, -0.15) is 0 Å². The molecule has 0 N–H and O–H groups in total. The van der Waals surface area contributed by atoms with Gasteiger partial charge in [0.05, 0.1) is 15.6 Å². The number of aryl methyl sites for hydroxylation is 1. The SMILES string of the molecule is CCC1(CC)CC(=O)N(c2cc(Br)c(F)cc2C)C1=O. The van der Waals surface area contributed by atoms with Crippen molar-refractivity contribution in [1.82, 2.24) is 0 Å². The summed E-state index contributed by atoms with van der Waals surface area (Å²) in [5.41, 5.74) is 0.442. The summed E-state index contributed by atoms with van der Waals surface area (Å²) in [4.78, 5) is 26.1. The zero-order chi connectivity index (χ0) is 15.1. The van der Waals surface area contributed by atoms with Crippen molar-refractivity contribution in [2.24, 2.45) is 5.41 Å². The molecule has 0 unspecified atom stereocenters. The van der Waals surface area contributed by atoms with Crippen LogP contribution in [0.4, 0.5) is 10.1 Å². The number of halogens is 2. The number of amides is 2. The highest BCUT2D eigenvalue weighted by atomic mass is 79.9. The van der Waals surface area contributed by atoms with E-state index in [0.29, 0.717) is 24.1 Å². The third-order valence-electron chi connectivity index (χ3n) is 4.23. The molecule has 1 aliphatic heterocycles. The summed E-state index contributed by atoms with van der Waals surface area (Å²) in [6, 6.07) is 2.83. The highest BCUT2D eigenvalue weighted by Crippen LogP contribution is 2.42. The van der Waals surface area contributed by atoms with Gasteiger partial charge >= 0.3 is 0 Å². The van der Waals surface area contributed by atoms with Crippen molar-refractivity contribution in [1.29, 1.82) is 0 Å². The van der Waals surface area contributed by atoms with Gasteiger partial charge in [-0.3, -0.25) is 9.59 Å². The second kappa shape index (κ2) is 5.28. The number of carbonyl (C=O) groups excluding carboxylic acids is 2. The molecule has 108 valence electrons. The van der Waals surface area contributed by atoms with Crippen LogP contribution < -0.4 is 4.90 Å². The third kappa shape index (κ3) is 2.18. The molecule has 5 heteroatoms. The Morgan fingerprint density at radius 3 is 2.40 bits per heavy atom. The van der Waals surface area contributed by atoms with Gasteiger partial charge in [0.25, 0.3) is 0 Å². The highest BCUT2D eigenvalue weighted by molar-refractivity contribution is 9.10. The molecule has 0 spiro atoms. The molecule has 1 heterocycles. The summed E-state index contributed by atoms with van der Waals surface area (Å²) in [7, 11) is 0. The lowest BCUT2D eigenvalue weighted by Crippen LogP contribution is -2.35. The molecule has 2 amide bonds. The predicted molar refractivity (Wildman–Crippen MR) is 79.0 cm³/mol. The van der Waals surface area contributed by atoms with Crippen LogP contribution >= 0.6 is 15.9 Å². The van der Waals surface area contributed by atoms with E-state index in [-0.39, 0.29) is 22.7 Å². The smallest absolute Gasteiger partial charge is 0.240 e. The molecule has 2 rings (SSSR count). The number of benzene rings is 1. The molecular formula is C15H17BrFNO2. The van der Waals surface area contributed by atoms with E-state index in [9.17, 15) is 14.0 Å². The minimum Gasteiger partial charge on any atom is -0.274 e. The number of rotatable bonds is 3. The molecule has 0 aromatic heterocycles. The summed E-state index contributed by atoms with van der Waals surface area (Å²) in [6.45, 7) is 5.54. The van der Waals surface area contributed by atoms with Crippen molar-refractivity contribution in [3.8, 4) is 0 Å². The minimum absolute atomic E-state index is 0.172. The molecule has 1 saturated heterocycles. The summed E-state index contributed by atoms with van der Waals surface area (Å²) < 4.78 is 13.7. The Labute approximate surface area is 126 Å². The molecular weight excluding hydrogens is 325 g/mol. The van der Waals surface area contributed by atoms with E-state index in [0.717, 1.165) is 0 Å². The zero-order valence-electron chi connectivity index (χ0n) is 11.8. The monoisotopic (exact) mass is 341 g/mol. The molecule has 0 radical (unpaired) electrons. The lowest BCUT2D eigenvalue weighted by molar-refractivity contribution is -0.126. The van der Waals surface area contributed by atoms with Gasteiger partial charge in [-0.1, -0.05) is 13.8 Å². The Balaban J connectivity index is 2.51. The van der Waals surface area contributed by atoms with Crippen LogP contribution in [-0.4, -0.2) is 11.8 Å². The van der Waals surface area contributed by atoms with Gasteiger partial charge in [0, 0.05) is 6.42 Å². The van der Waals surface area contributed by atoms with E-state index in [1.807, 2.05) is 13.8 Å². The molecule has 1 aromatic carbocycles. The molecule has 1 aromatic rings. The lowest BCUT2D eigenvalue weighted by Gasteiger charge is -2.24. The molecule has 1 fully saturated rings. The van der Waals surface area contributed by atoms with Crippen LogP contribution in [0.3, 0.4) is 0 Å². The van der Waals surface area contributed by atoms with Gasteiger partial charge in [0.1, 0.15) is 5.82 Å². The van der Waals surface area contributed by atoms with E-state index in [1.165, 1.54) is 17.0 Å². The summed E-state index contributed by atoms with van der Waals surface area (Å²) in [5.74, 6) is -0.781. The number of anilines is 1. The zero-order valence-corrected chi connectivity index (χ0v) is 13.4. The van der Waals surface area contributed by atoms with E-state index in [4.69, 9.17) is 0 Å². The van der Waals surface area contributed by atoms with Gasteiger partial charge in [0.2, 0.25) is 11.8 Å². The molecule has 1 aliphatic rings. The van der Waals surface area contributed by atoms with E-state index >= 15 is 0 Å². The molecule has 0 saturated carbocycles. The fraction of sp³-hybridized carbons (Fsp3) is 0.467. The van der Waals surface area contributed by atoms with Gasteiger partial charge in [0.15, 0.2) is 0 Å². The first kappa shape index (κ1) is 15.2. The maximum Gasteiger partial charge on any atom is 0.240 e. The van der Waals surface area contributed by atoms with Crippen molar-refractivity contribution in [3.05, 3.63) is 28.0 Å². The highest BCUT2D eigenvalue weighted by Gasteiger charge is 2.49. The number of hydrogen-bond acceptors (Lipinski definition) is 2. The Bertz CT molecular complexity index is 581. The standard InChI is InChI=1S/C15H17BrFNO2/c1-4-15(5-2)8-13(19)18(14(15)20)12-7-10(16)11(17)6-9(12)3/h6-7H,4-5,8H2,1-3H3. The molecule has 20 heavy (non-hydrogen) atoms. The summed E-state index contributed by atoms with van der Waals surface area (Å²) in [6.07, 6.45) is 1.49. The second-order valence-electron chi connectivity index (χ2n) is 5.25. The van der Waals surface area contributed by atoms with Crippen LogP contribution in [-0.2, 0) is 9.59 Å². The van der Waals surface area contributed by atoms with Gasteiger partial charge in [-0.25, -0.2) is 9.29 Å². The lowest BCUT2D eigenvalue weighted by atomic mass is 9.81. The maximum absolute atomic E-state index is 13.5. The summed E-state index contributed by atoms with van der Waals surface area (Å²) >= 11 is 3.11. The molecule has 3 nitrogen and oxygen atoms in total. The van der Waals surface area contributed by atoms with Crippen molar-refractivity contribution in [2.45, 2.75) is 40.0 Å². The van der Waals surface area contributed by atoms with Crippen molar-refractivity contribution in [2.75, 3.05) is 4.90 Å². The average Bonchev–Trinajstić information content (AvgIpc) is 2.66. The first-order valence-electron chi connectivity index (χ1n) is 6.69.